The van der Waals surface area contributed by atoms with Gasteiger partial charge in [0, 0.05) is 22.9 Å². The number of benzene rings is 3. The van der Waals surface area contributed by atoms with E-state index in [1.165, 1.54) is 18.3 Å². The van der Waals surface area contributed by atoms with Gasteiger partial charge in [-0.25, -0.2) is 14.5 Å². The quantitative estimate of drug-likeness (QED) is 0.201. The van der Waals surface area contributed by atoms with Gasteiger partial charge in [-0.1, -0.05) is 59.9 Å². The zero-order valence-corrected chi connectivity index (χ0v) is 19.9. The molecule has 2 N–H and O–H groups in total. The molecule has 0 atom stereocenters. The van der Waals surface area contributed by atoms with Crippen molar-refractivity contribution in [1.29, 1.82) is 0 Å². The minimum absolute atomic E-state index is 0.186. The molecule has 2 amide bonds. The first kappa shape index (κ1) is 23.7. The second kappa shape index (κ2) is 10.7. The molecule has 2 heterocycles. The minimum Gasteiger partial charge on any atom is -0.292 e. The fourth-order valence-corrected chi connectivity index (χ4v) is 4.11. The summed E-state index contributed by atoms with van der Waals surface area (Å²) in [5, 5.41) is 19.7. The summed E-state index contributed by atoms with van der Waals surface area (Å²) in [5.74, 6) is -2.29. The van der Waals surface area contributed by atoms with E-state index in [9.17, 15) is 14.0 Å². The lowest BCUT2D eigenvalue weighted by atomic mass is 10.1. The topological polar surface area (TPSA) is 114 Å². The second-order valence-electron chi connectivity index (χ2n) is 7.65. The summed E-state index contributed by atoms with van der Waals surface area (Å²) in [7, 11) is 0. The van der Waals surface area contributed by atoms with Crippen molar-refractivity contribution in [2.24, 2.45) is 5.10 Å². The molecule has 0 unspecified atom stereocenters. The van der Waals surface area contributed by atoms with Crippen molar-refractivity contribution in [2.45, 2.75) is 0 Å². The van der Waals surface area contributed by atoms with E-state index in [4.69, 9.17) is 0 Å². The highest BCUT2D eigenvalue weighted by atomic mass is 32.1. The lowest BCUT2D eigenvalue weighted by Crippen LogP contribution is -2.32. The Morgan fingerprint density at radius 2 is 1.57 bits per heavy atom. The largest absolute Gasteiger partial charge is 0.329 e. The first-order chi connectivity index (χ1) is 18.1. The minimum atomic E-state index is -0.980. The number of amides is 2. The lowest BCUT2D eigenvalue weighted by molar-refractivity contribution is -0.136. The molecule has 0 saturated carbocycles. The van der Waals surface area contributed by atoms with Crippen LogP contribution in [0.25, 0.3) is 27.5 Å². The number of carbonyl (C=O) groups excluding carboxylic acids is 2. The number of nitrogens with zero attached hydrogens (tertiary/aromatic N) is 5. The van der Waals surface area contributed by atoms with E-state index >= 15 is 0 Å². The first-order valence-electron chi connectivity index (χ1n) is 11.0. The van der Waals surface area contributed by atoms with Crippen molar-refractivity contribution in [2.75, 3.05) is 5.32 Å². The molecular weight excluding hydrogens is 493 g/mol. The maximum atomic E-state index is 13.4. The van der Waals surface area contributed by atoms with E-state index in [2.05, 4.69) is 31.1 Å². The van der Waals surface area contributed by atoms with Crippen molar-refractivity contribution < 1.29 is 14.0 Å². The Hall–Kier alpha value is -5.03. The third-order valence-corrected chi connectivity index (χ3v) is 6.01. The zero-order valence-electron chi connectivity index (χ0n) is 19.1. The molecule has 0 aliphatic carbocycles. The van der Waals surface area contributed by atoms with Gasteiger partial charge in [0.25, 0.3) is 0 Å². The Morgan fingerprint density at radius 1 is 0.865 bits per heavy atom. The SMILES string of the molecule is O=C(N/N=C/c1cn(-c2ccccc2)nc1-c1ccc(F)cc1)C(=O)Nc1nnc(-c2ccccc2)s1. The molecule has 9 nitrogen and oxygen atoms in total. The van der Waals surface area contributed by atoms with Gasteiger partial charge < -0.3 is 0 Å². The van der Waals surface area contributed by atoms with Crippen molar-refractivity contribution in [3.8, 4) is 27.5 Å². The van der Waals surface area contributed by atoms with Crippen molar-refractivity contribution in [1.82, 2.24) is 25.4 Å². The lowest BCUT2D eigenvalue weighted by Gasteiger charge is -2.00. The molecule has 11 heteroatoms. The van der Waals surface area contributed by atoms with E-state index in [-0.39, 0.29) is 10.9 Å². The van der Waals surface area contributed by atoms with E-state index in [0.29, 0.717) is 21.8 Å². The molecule has 0 spiro atoms. The van der Waals surface area contributed by atoms with Crippen LogP contribution in [-0.2, 0) is 9.59 Å². The van der Waals surface area contributed by atoms with E-state index in [1.54, 1.807) is 23.0 Å². The van der Waals surface area contributed by atoms with Gasteiger partial charge in [0.2, 0.25) is 5.13 Å². The Balaban J connectivity index is 1.29. The van der Waals surface area contributed by atoms with Gasteiger partial charge >= 0.3 is 11.8 Å². The monoisotopic (exact) mass is 511 g/mol. The number of para-hydroxylation sites is 1. The van der Waals surface area contributed by atoms with Gasteiger partial charge in [0.15, 0.2) is 0 Å². The van der Waals surface area contributed by atoms with Crippen LogP contribution in [0.15, 0.2) is 96.2 Å². The number of halogens is 1. The van der Waals surface area contributed by atoms with E-state index in [0.717, 1.165) is 22.6 Å². The summed E-state index contributed by atoms with van der Waals surface area (Å²) in [4.78, 5) is 24.6. The van der Waals surface area contributed by atoms with Crippen LogP contribution in [0, 0.1) is 5.82 Å². The average molecular weight is 512 g/mol. The second-order valence-corrected chi connectivity index (χ2v) is 8.63. The summed E-state index contributed by atoms with van der Waals surface area (Å²) in [6, 6.07) is 24.6. The van der Waals surface area contributed by atoms with Crippen LogP contribution in [-0.4, -0.2) is 38.0 Å². The third-order valence-electron chi connectivity index (χ3n) is 5.12. The molecular formula is C26H18FN7O2S. The Kier molecular flexibility index (Phi) is 6.86. The van der Waals surface area contributed by atoms with Gasteiger partial charge in [0.05, 0.1) is 11.9 Å². The number of anilines is 1. The van der Waals surface area contributed by atoms with Crippen molar-refractivity contribution in [3.05, 3.63) is 103 Å². The number of hydrogen-bond acceptors (Lipinski definition) is 7. The molecule has 0 fully saturated rings. The zero-order chi connectivity index (χ0) is 25.6. The fraction of sp³-hybridized carbons (Fsp3) is 0. The predicted octanol–water partition coefficient (Wildman–Crippen LogP) is 4.29. The highest BCUT2D eigenvalue weighted by Crippen LogP contribution is 2.26. The molecule has 182 valence electrons. The van der Waals surface area contributed by atoms with E-state index < -0.39 is 11.8 Å². The molecule has 2 aromatic heterocycles. The predicted molar refractivity (Wildman–Crippen MR) is 139 cm³/mol. The summed E-state index contributed by atoms with van der Waals surface area (Å²) in [6.45, 7) is 0. The summed E-state index contributed by atoms with van der Waals surface area (Å²) >= 11 is 1.14. The molecule has 0 aliphatic rings. The van der Waals surface area contributed by atoms with Crippen LogP contribution < -0.4 is 10.7 Å². The Labute approximate surface area is 214 Å². The van der Waals surface area contributed by atoms with Gasteiger partial charge in [-0.2, -0.15) is 10.2 Å². The molecule has 37 heavy (non-hydrogen) atoms. The molecule has 0 bridgehead atoms. The molecule has 0 radical (unpaired) electrons. The number of carbonyl (C=O) groups is 2. The van der Waals surface area contributed by atoms with Crippen LogP contribution in [0.1, 0.15) is 5.56 Å². The Morgan fingerprint density at radius 3 is 2.30 bits per heavy atom. The summed E-state index contributed by atoms with van der Waals surface area (Å²) < 4.78 is 15.1. The summed E-state index contributed by atoms with van der Waals surface area (Å²) in [6.07, 6.45) is 3.09. The number of aromatic nitrogens is 4. The number of nitrogens with one attached hydrogen (secondary N) is 2. The molecule has 3 aromatic carbocycles. The van der Waals surface area contributed by atoms with Crippen molar-refractivity contribution in [3.63, 3.8) is 0 Å². The highest BCUT2D eigenvalue weighted by Gasteiger charge is 2.17. The van der Waals surface area contributed by atoms with Crippen LogP contribution in [0.2, 0.25) is 0 Å². The van der Waals surface area contributed by atoms with Gasteiger partial charge in [-0.05, 0) is 36.4 Å². The van der Waals surface area contributed by atoms with Crippen LogP contribution in [0.4, 0.5) is 9.52 Å². The molecule has 5 aromatic rings. The van der Waals surface area contributed by atoms with Gasteiger partial charge in [-0.3, -0.25) is 14.9 Å². The summed E-state index contributed by atoms with van der Waals surface area (Å²) in [5.41, 5.74) is 5.59. The van der Waals surface area contributed by atoms with Gasteiger partial charge in [0.1, 0.15) is 16.5 Å². The Bertz CT molecular complexity index is 1570. The first-order valence-corrected chi connectivity index (χ1v) is 11.8. The average Bonchev–Trinajstić information content (AvgIpc) is 3.58. The number of rotatable bonds is 6. The number of hydrogen-bond donors (Lipinski definition) is 2. The van der Waals surface area contributed by atoms with E-state index in [1.807, 2.05) is 60.7 Å². The normalized spacial score (nSPS) is 10.9. The molecule has 0 aliphatic heterocycles. The maximum absolute atomic E-state index is 13.4. The fourth-order valence-electron chi connectivity index (χ4n) is 3.36. The molecule has 0 saturated heterocycles. The maximum Gasteiger partial charge on any atom is 0.329 e. The smallest absolute Gasteiger partial charge is 0.292 e. The standard InChI is InChI=1S/C26H18FN7O2S/c27-20-13-11-17(12-14-20)22-19(16-34(33-22)21-9-5-2-6-10-21)15-28-30-24(36)23(35)29-26-32-31-25(37-26)18-7-3-1-4-8-18/h1-16H,(H,30,36)(H,29,32,35)/b28-15+. The van der Waals surface area contributed by atoms with Crippen LogP contribution >= 0.6 is 11.3 Å². The van der Waals surface area contributed by atoms with Crippen LogP contribution in [0.3, 0.4) is 0 Å². The number of hydrazone groups is 1. The van der Waals surface area contributed by atoms with Crippen molar-refractivity contribution >= 4 is 34.5 Å². The highest BCUT2D eigenvalue weighted by molar-refractivity contribution is 7.18. The molecule has 5 rings (SSSR count). The van der Waals surface area contributed by atoms with Gasteiger partial charge in [-0.15, -0.1) is 10.2 Å². The van der Waals surface area contributed by atoms with Crippen LogP contribution in [0.5, 0.6) is 0 Å². The third kappa shape index (κ3) is 5.63.